The highest BCUT2D eigenvalue weighted by atomic mass is 127. The van der Waals surface area contributed by atoms with Gasteiger partial charge in [0.2, 0.25) is 0 Å². The van der Waals surface area contributed by atoms with E-state index in [1.54, 1.807) is 0 Å². The minimum absolute atomic E-state index is 0. The first-order valence-corrected chi connectivity index (χ1v) is 6.65. The summed E-state index contributed by atoms with van der Waals surface area (Å²) >= 11 is 0. The Hall–Kier alpha value is -1.07. The van der Waals surface area contributed by atoms with Crippen LogP contribution in [0.5, 0.6) is 0 Å². The van der Waals surface area contributed by atoms with Crippen molar-refractivity contribution in [2.24, 2.45) is 0 Å². The molecule has 0 bridgehead atoms. The first-order valence-electron chi connectivity index (χ1n) is 6.65. The Bertz CT molecular complexity index is 529. The highest BCUT2D eigenvalue weighted by Crippen LogP contribution is 2.48. The molecule has 0 aromatic heterocycles. The first kappa shape index (κ1) is 14.3. The summed E-state index contributed by atoms with van der Waals surface area (Å²) in [7, 11) is 0. The molecule has 0 radical (unpaired) electrons. The average Bonchev–Trinajstić information content (AvgIpc) is 2.45. The summed E-state index contributed by atoms with van der Waals surface area (Å²) in [6.45, 7) is 6.68. The quantitative estimate of drug-likeness (QED) is 0.627. The molecule has 3 rings (SSSR count). The van der Waals surface area contributed by atoms with Crippen LogP contribution in [0, 0.1) is 0 Å². The molecule has 0 saturated heterocycles. The van der Waals surface area contributed by atoms with Gasteiger partial charge < -0.3 is 29.3 Å². The molecule has 1 heterocycles. The Morgan fingerprint density at radius 2 is 1.21 bits per heavy atom. The van der Waals surface area contributed by atoms with Gasteiger partial charge in [0.05, 0.1) is 13.1 Å². The zero-order valence-electron chi connectivity index (χ0n) is 11.4. The van der Waals surface area contributed by atoms with Crippen molar-refractivity contribution >= 4 is 22.7 Å². The van der Waals surface area contributed by atoms with Gasteiger partial charge in [-0.3, -0.25) is 4.48 Å². The number of nitrogens with zero attached hydrogens (tertiary/aromatic N) is 1. The Morgan fingerprint density at radius 1 is 0.789 bits per heavy atom. The molecule has 100 valence electrons. The lowest BCUT2D eigenvalue weighted by Crippen LogP contribution is -3.00. The predicted molar refractivity (Wildman–Crippen MR) is 78.7 cm³/mol. The van der Waals surface area contributed by atoms with Gasteiger partial charge in [0, 0.05) is 12.1 Å². The van der Waals surface area contributed by atoms with Gasteiger partial charge in [0.25, 0.3) is 0 Å². The summed E-state index contributed by atoms with van der Waals surface area (Å²) in [6.07, 6.45) is 0. The van der Waals surface area contributed by atoms with Crippen LogP contribution in [-0.4, -0.2) is 13.1 Å². The summed E-state index contributed by atoms with van der Waals surface area (Å²) in [4.78, 5) is 0. The zero-order valence-corrected chi connectivity index (χ0v) is 13.5. The maximum Gasteiger partial charge on any atom is 0.161 e. The smallest absolute Gasteiger partial charge is 0.161 e. The summed E-state index contributed by atoms with van der Waals surface area (Å²) in [5.41, 5.74) is 5.22. The van der Waals surface area contributed by atoms with E-state index in [1.807, 2.05) is 0 Å². The summed E-state index contributed by atoms with van der Waals surface area (Å²) < 4.78 is 0.930. The molecule has 1 aliphatic rings. The normalized spacial score (nSPS) is 14.6. The van der Waals surface area contributed by atoms with Gasteiger partial charge in [-0.15, -0.1) is 0 Å². The number of hydrogen-bond donors (Lipinski definition) is 1. The standard InChI is InChI=1S/C16H19N2.HI/c1-3-18(4-2)15-11-7-5-9-13(15)17-14-10-6-8-12-16(14)18;/h5-12,17H,3-4H2,1-2H3;1H/q+1;/p-1. The van der Waals surface area contributed by atoms with E-state index in [2.05, 4.69) is 67.7 Å². The van der Waals surface area contributed by atoms with Crippen LogP contribution in [0.1, 0.15) is 13.8 Å². The molecule has 19 heavy (non-hydrogen) atoms. The van der Waals surface area contributed by atoms with Crippen LogP contribution in [0.15, 0.2) is 48.5 Å². The second-order valence-corrected chi connectivity index (χ2v) is 4.76. The lowest BCUT2D eigenvalue weighted by molar-refractivity contribution is -0.00000360. The van der Waals surface area contributed by atoms with Crippen LogP contribution in [-0.2, 0) is 0 Å². The molecule has 0 spiro atoms. The number of para-hydroxylation sites is 4. The topological polar surface area (TPSA) is 12.0 Å². The summed E-state index contributed by atoms with van der Waals surface area (Å²) in [5.74, 6) is 0. The molecule has 0 atom stereocenters. The van der Waals surface area contributed by atoms with E-state index in [0.717, 1.165) is 17.6 Å². The summed E-state index contributed by atoms with van der Waals surface area (Å²) in [5, 5.41) is 3.55. The van der Waals surface area contributed by atoms with E-state index in [0.29, 0.717) is 0 Å². The van der Waals surface area contributed by atoms with Crippen molar-refractivity contribution < 1.29 is 24.0 Å². The van der Waals surface area contributed by atoms with Gasteiger partial charge in [-0.05, 0) is 26.0 Å². The van der Waals surface area contributed by atoms with Crippen LogP contribution in [0.25, 0.3) is 0 Å². The third-order valence-electron chi connectivity index (χ3n) is 4.08. The number of benzene rings is 2. The van der Waals surface area contributed by atoms with Crippen LogP contribution in [0.3, 0.4) is 0 Å². The molecule has 2 nitrogen and oxygen atoms in total. The van der Waals surface area contributed by atoms with Crippen molar-refractivity contribution in [3.63, 3.8) is 0 Å². The molecular weight excluding hydrogens is 347 g/mol. The molecule has 0 amide bonds. The highest BCUT2D eigenvalue weighted by molar-refractivity contribution is 5.88. The minimum atomic E-state index is 0. The van der Waals surface area contributed by atoms with Crippen LogP contribution in [0.2, 0.25) is 0 Å². The van der Waals surface area contributed by atoms with Gasteiger partial charge in [0.15, 0.2) is 11.4 Å². The van der Waals surface area contributed by atoms with E-state index in [4.69, 9.17) is 0 Å². The van der Waals surface area contributed by atoms with Crippen molar-refractivity contribution in [3.8, 4) is 0 Å². The predicted octanol–water partition coefficient (Wildman–Crippen LogP) is 1.43. The van der Waals surface area contributed by atoms with Crippen molar-refractivity contribution in [3.05, 3.63) is 48.5 Å². The lowest BCUT2D eigenvalue weighted by atomic mass is 10.1. The van der Waals surface area contributed by atoms with Crippen molar-refractivity contribution in [2.75, 3.05) is 18.4 Å². The fourth-order valence-electron chi connectivity index (χ4n) is 3.09. The molecule has 2 aromatic rings. The number of quaternary nitrogens is 1. The van der Waals surface area contributed by atoms with E-state index in [1.165, 1.54) is 22.7 Å². The van der Waals surface area contributed by atoms with Gasteiger partial charge in [-0.1, -0.05) is 24.3 Å². The Labute approximate surface area is 132 Å². The maximum absolute atomic E-state index is 3.55. The molecule has 1 aliphatic heterocycles. The van der Waals surface area contributed by atoms with Crippen LogP contribution >= 0.6 is 0 Å². The molecule has 3 heteroatoms. The van der Waals surface area contributed by atoms with Crippen LogP contribution in [0.4, 0.5) is 22.7 Å². The minimum Gasteiger partial charge on any atom is -1.00 e. The second kappa shape index (κ2) is 5.51. The third kappa shape index (κ3) is 2.05. The monoisotopic (exact) mass is 366 g/mol. The molecule has 0 aliphatic carbocycles. The fraction of sp³-hybridized carbons (Fsp3) is 0.250. The van der Waals surface area contributed by atoms with E-state index in [-0.39, 0.29) is 24.0 Å². The molecule has 0 unspecified atom stereocenters. The third-order valence-corrected chi connectivity index (χ3v) is 4.08. The maximum atomic E-state index is 3.55. The van der Waals surface area contributed by atoms with Crippen molar-refractivity contribution in [2.45, 2.75) is 13.8 Å². The number of anilines is 2. The highest BCUT2D eigenvalue weighted by Gasteiger charge is 2.37. The fourth-order valence-corrected chi connectivity index (χ4v) is 3.09. The molecule has 0 saturated carbocycles. The van der Waals surface area contributed by atoms with Gasteiger partial charge in [0.1, 0.15) is 11.4 Å². The average molecular weight is 366 g/mol. The zero-order chi connectivity index (χ0) is 12.6. The molecule has 2 aromatic carbocycles. The lowest BCUT2D eigenvalue weighted by Gasteiger charge is -2.41. The van der Waals surface area contributed by atoms with Crippen molar-refractivity contribution in [1.82, 2.24) is 4.48 Å². The van der Waals surface area contributed by atoms with E-state index >= 15 is 0 Å². The van der Waals surface area contributed by atoms with Gasteiger partial charge >= 0.3 is 0 Å². The molecular formula is C16H19IN2. The molecule has 0 fully saturated rings. The second-order valence-electron chi connectivity index (χ2n) is 4.76. The first-order chi connectivity index (χ1) is 8.81. The largest absolute Gasteiger partial charge is 1.00 e. The van der Waals surface area contributed by atoms with Crippen molar-refractivity contribution in [1.29, 1.82) is 0 Å². The van der Waals surface area contributed by atoms with Crippen LogP contribution < -0.4 is 33.8 Å². The molecule has 1 N–H and O–H groups in total. The van der Waals surface area contributed by atoms with E-state index in [9.17, 15) is 0 Å². The van der Waals surface area contributed by atoms with Gasteiger partial charge in [-0.25, -0.2) is 0 Å². The Morgan fingerprint density at radius 3 is 1.63 bits per heavy atom. The Balaban J connectivity index is 0.00000133. The SMILES string of the molecule is CC[N+]1(CC)c2ccccc2Nc2ccccc21.[I-]. The Kier molecular flexibility index (Phi) is 4.16. The number of hydrogen-bond acceptors (Lipinski definition) is 1. The van der Waals surface area contributed by atoms with Gasteiger partial charge in [-0.2, -0.15) is 0 Å². The number of nitrogens with one attached hydrogen (secondary N) is 1. The van der Waals surface area contributed by atoms with E-state index < -0.39 is 0 Å². The summed E-state index contributed by atoms with van der Waals surface area (Å²) in [6, 6.07) is 17.3. The number of fused-ring (bicyclic) bond motifs is 2. The number of rotatable bonds is 2. The number of halogens is 1.